The number of aliphatic imine (C=N–C) groups is 1. The minimum absolute atomic E-state index is 0.248. The lowest BCUT2D eigenvalue weighted by Crippen LogP contribution is -2.35. The maximum Gasteiger partial charge on any atom is 0.282 e. The summed E-state index contributed by atoms with van der Waals surface area (Å²) in [5.41, 5.74) is 9.01. The van der Waals surface area contributed by atoms with E-state index < -0.39 is 6.04 Å². The third-order valence-electron chi connectivity index (χ3n) is 4.56. The molecule has 2 aromatic rings. The van der Waals surface area contributed by atoms with Crippen LogP contribution in [0.1, 0.15) is 19.4 Å². The van der Waals surface area contributed by atoms with Crippen molar-refractivity contribution in [2.75, 3.05) is 29.2 Å². The second kappa shape index (κ2) is 8.28. The lowest BCUT2D eigenvalue weighted by molar-refractivity contribution is -0.117. The number of nitrogens with two attached hydrogens (primary N) is 1. The summed E-state index contributed by atoms with van der Waals surface area (Å²) in [7, 11) is 3.95. The number of amides is 2. The molecule has 1 aliphatic heterocycles. The number of para-hydroxylation sites is 2. The Bertz CT molecular complexity index is 991. The number of benzene rings is 2. The van der Waals surface area contributed by atoms with E-state index in [0.29, 0.717) is 22.9 Å². The van der Waals surface area contributed by atoms with Gasteiger partial charge in [-0.15, -0.1) is 0 Å². The number of carbonyl (C=O) groups excluding carboxylic acids is 2. The van der Waals surface area contributed by atoms with Crippen molar-refractivity contribution in [3.05, 3.63) is 59.8 Å². The average Bonchev–Trinajstić information content (AvgIpc) is 2.96. The summed E-state index contributed by atoms with van der Waals surface area (Å²) in [5.74, 6) is -0.0363. The molecule has 0 radical (unpaired) electrons. The van der Waals surface area contributed by atoms with Crippen molar-refractivity contribution in [3.63, 3.8) is 0 Å². The predicted molar refractivity (Wildman–Crippen MR) is 118 cm³/mol. The molecule has 0 saturated carbocycles. The number of anilines is 3. The van der Waals surface area contributed by atoms with Gasteiger partial charge in [0.2, 0.25) is 5.91 Å². The van der Waals surface area contributed by atoms with Crippen LogP contribution in [0.15, 0.2) is 59.2 Å². The van der Waals surface area contributed by atoms with E-state index in [1.165, 1.54) is 4.90 Å². The highest BCUT2D eigenvalue weighted by Gasteiger charge is 2.30. The largest absolute Gasteiger partial charge is 0.378 e. The third-order valence-corrected chi connectivity index (χ3v) is 4.56. The smallest absolute Gasteiger partial charge is 0.282 e. The number of carbonyl (C=O) groups is 2. The van der Waals surface area contributed by atoms with Crippen LogP contribution in [0.3, 0.4) is 0 Å². The molecular weight excluding hydrogens is 366 g/mol. The van der Waals surface area contributed by atoms with Crippen LogP contribution < -0.4 is 20.9 Å². The van der Waals surface area contributed by atoms with E-state index >= 15 is 0 Å². The molecule has 2 aromatic carbocycles. The highest BCUT2D eigenvalue weighted by molar-refractivity contribution is 6.29. The number of amidine groups is 1. The molecule has 1 heterocycles. The molecule has 7 nitrogen and oxygen atoms in total. The molecule has 7 heteroatoms. The van der Waals surface area contributed by atoms with Gasteiger partial charge in [0.1, 0.15) is 11.5 Å². The standard InChI is InChI=1S/C22H25N5O2/c1-14(23)21(28)25-18-7-5-6-8-20(18)27-15(2)24-19(22(27)29)13-16-9-11-17(12-10-16)26(3)4/h5-14H,23H2,1-4H3,(H,25,28)/b19-13-. The van der Waals surface area contributed by atoms with Crippen LogP contribution >= 0.6 is 0 Å². The van der Waals surface area contributed by atoms with Gasteiger partial charge in [0.25, 0.3) is 5.91 Å². The topological polar surface area (TPSA) is 91.0 Å². The van der Waals surface area contributed by atoms with E-state index in [-0.39, 0.29) is 11.8 Å². The summed E-state index contributed by atoms with van der Waals surface area (Å²) >= 11 is 0. The van der Waals surface area contributed by atoms with E-state index in [1.54, 1.807) is 44.2 Å². The molecule has 29 heavy (non-hydrogen) atoms. The van der Waals surface area contributed by atoms with Crippen LogP contribution in [0.25, 0.3) is 6.08 Å². The number of rotatable bonds is 5. The maximum absolute atomic E-state index is 13.1. The fraction of sp³-hybridized carbons (Fsp3) is 0.227. The Morgan fingerprint density at radius 1 is 1.17 bits per heavy atom. The number of hydrogen-bond donors (Lipinski definition) is 2. The molecule has 0 saturated heterocycles. The van der Waals surface area contributed by atoms with Crippen molar-refractivity contribution in [2.24, 2.45) is 10.7 Å². The van der Waals surface area contributed by atoms with Gasteiger partial charge in [-0.05, 0) is 49.8 Å². The minimum Gasteiger partial charge on any atom is -0.378 e. The molecule has 1 unspecified atom stereocenters. The summed E-state index contributed by atoms with van der Waals surface area (Å²) < 4.78 is 0. The highest BCUT2D eigenvalue weighted by atomic mass is 16.2. The molecule has 0 aliphatic carbocycles. The van der Waals surface area contributed by atoms with Gasteiger partial charge in [-0.3, -0.25) is 14.5 Å². The van der Waals surface area contributed by atoms with Gasteiger partial charge in [0.15, 0.2) is 0 Å². The molecule has 0 bridgehead atoms. The van der Waals surface area contributed by atoms with Crippen molar-refractivity contribution in [1.29, 1.82) is 0 Å². The summed E-state index contributed by atoms with van der Waals surface area (Å²) in [4.78, 5) is 33.1. The van der Waals surface area contributed by atoms with Crippen molar-refractivity contribution < 1.29 is 9.59 Å². The molecule has 3 N–H and O–H groups in total. The Morgan fingerprint density at radius 2 is 1.83 bits per heavy atom. The van der Waals surface area contributed by atoms with Crippen molar-refractivity contribution in [3.8, 4) is 0 Å². The van der Waals surface area contributed by atoms with E-state index in [4.69, 9.17) is 5.73 Å². The number of nitrogens with one attached hydrogen (secondary N) is 1. The lowest BCUT2D eigenvalue weighted by Gasteiger charge is -2.20. The normalized spacial score (nSPS) is 16.0. The Morgan fingerprint density at radius 3 is 2.45 bits per heavy atom. The molecule has 1 aliphatic rings. The van der Waals surface area contributed by atoms with E-state index in [2.05, 4.69) is 10.3 Å². The lowest BCUT2D eigenvalue weighted by atomic mass is 10.1. The first-order valence-electron chi connectivity index (χ1n) is 9.32. The molecule has 0 fully saturated rings. The van der Waals surface area contributed by atoms with Crippen LogP contribution in [0.4, 0.5) is 17.1 Å². The zero-order valence-electron chi connectivity index (χ0n) is 17.0. The van der Waals surface area contributed by atoms with E-state index in [0.717, 1.165) is 11.3 Å². The average molecular weight is 391 g/mol. The maximum atomic E-state index is 13.1. The van der Waals surface area contributed by atoms with Crippen LogP contribution in [0.5, 0.6) is 0 Å². The first-order chi connectivity index (χ1) is 13.8. The second-order valence-corrected chi connectivity index (χ2v) is 7.11. The Kier molecular flexibility index (Phi) is 5.79. The third kappa shape index (κ3) is 4.35. The summed E-state index contributed by atoms with van der Waals surface area (Å²) in [6, 6.07) is 14.3. The highest BCUT2D eigenvalue weighted by Crippen LogP contribution is 2.31. The SMILES string of the molecule is CC1=N/C(=C\c2ccc(N(C)C)cc2)C(=O)N1c1ccccc1NC(=O)C(C)N. The quantitative estimate of drug-likeness (QED) is 0.767. The van der Waals surface area contributed by atoms with Gasteiger partial charge in [-0.1, -0.05) is 24.3 Å². The predicted octanol–water partition coefficient (Wildman–Crippen LogP) is 2.84. The van der Waals surface area contributed by atoms with Gasteiger partial charge >= 0.3 is 0 Å². The molecule has 0 aromatic heterocycles. The molecule has 3 rings (SSSR count). The van der Waals surface area contributed by atoms with Crippen LogP contribution in [-0.2, 0) is 9.59 Å². The van der Waals surface area contributed by atoms with Crippen molar-refractivity contribution in [2.45, 2.75) is 19.9 Å². The number of hydrogen-bond acceptors (Lipinski definition) is 5. The monoisotopic (exact) mass is 391 g/mol. The van der Waals surface area contributed by atoms with Gasteiger partial charge in [-0.25, -0.2) is 4.99 Å². The summed E-state index contributed by atoms with van der Waals surface area (Å²) in [6.45, 7) is 3.37. The Hall–Kier alpha value is -3.45. The molecule has 150 valence electrons. The van der Waals surface area contributed by atoms with E-state index in [9.17, 15) is 9.59 Å². The Balaban J connectivity index is 1.90. The van der Waals surface area contributed by atoms with Crippen molar-refractivity contribution in [1.82, 2.24) is 0 Å². The fourth-order valence-corrected chi connectivity index (χ4v) is 2.96. The minimum atomic E-state index is -0.660. The van der Waals surface area contributed by atoms with Crippen LogP contribution in [0, 0.1) is 0 Å². The Labute approximate surface area is 170 Å². The summed E-state index contributed by atoms with van der Waals surface area (Å²) in [6.07, 6.45) is 1.76. The first kappa shape index (κ1) is 20.3. The molecular formula is C22H25N5O2. The molecule has 1 atom stereocenters. The van der Waals surface area contributed by atoms with Crippen LogP contribution in [-0.4, -0.2) is 37.8 Å². The van der Waals surface area contributed by atoms with Crippen molar-refractivity contribution >= 4 is 40.8 Å². The van der Waals surface area contributed by atoms with Gasteiger partial charge in [0, 0.05) is 19.8 Å². The fourth-order valence-electron chi connectivity index (χ4n) is 2.96. The van der Waals surface area contributed by atoms with Gasteiger partial charge < -0.3 is 16.0 Å². The van der Waals surface area contributed by atoms with Gasteiger partial charge in [-0.2, -0.15) is 0 Å². The molecule has 2 amide bonds. The van der Waals surface area contributed by atoms with Gasteiger partial charge in [0.05, 0.1) is 17.4 Å². The zero-order chi connectivity index (χ0) is 21.1. The first-order valence-corrected chi connectivity index (χ1v) is 9.32. The summed E-state index contributed by atoms with van der Waals surface area (Å²) in [5, 5.41) is 2.77. The van der Waals surface area contributed by atoms with Crippen LogP contribution in [0.2, 0.25) is 0 Å². The zero-order valence-corrected chi connectivity index (χ0v) is 17.0. The molecule has 0 spiro atoms. The van der Waals surface area contributed by atoms with E-state index in [1.807, 2.05) is 43.3 Å². The number of nitrogens with zero attached hydrogens (tertiary/aromatic N) is 3. The second-order valence-electron chi connectivity index (χ2n) is 7.11.